The highest BCUT2D eigenvalue weighted by Gasteiger charge is 2.66. The summed E-state index contributed by atoms with van der Waals surface area (Å²) in [6.07, 6.45) is 3.10. The second-order valence-electron chi connectivity index (χ2n) is 10.5. The molecule has 4 aliphatic rings. The first-order valence-electron chi connectivity index (χ1n) is 12.1. The zero-order valence-electron chi connectivity index (χ0n) is 18.9. The van der Waals surface area contributed by atoms with Gasteiger partial charge in [0.2, 0.25) is 5.91 Å². The van der Waals surface area contributed by atoms with Crippen LogP contribution in [0.25, 0.3) is 11.1 Å². The Morgan fingerprint density at radius 1 is 0.971 bits per heavy atom. The molecule has 3 saturated carbocycles. The largest absolute Gasteiger partial charge is 0.481 e. The van der Waals surface area contributed by atoms with Crippen molar-refractivity contribution < 1.29 is 24.2 Å². The summed E-state index contributed by atoms with van der Waals surface area (Å²) in [7, 11) is 0. The van der Waals surface area contributed by atoms with Crippen molar-refractivity contribution in [2.24, 2.45) is 11.3 Å². The van der Waals surface area contributed by atoms with E-state index in [4.69, 9.17) is 9.84 Å². The maximum atomic E-state index is 13.0. The number of fused-ring (bicyclic) bond motifs is 4. The average Bonchev–Trinajstić information content (AvgIpc) is 3.65. The van der Waals surface area contributed by atoms with Gasteiger partial charge < -0.3 is 20.5 Å². The Balaban J connectivity index is 1.05. The third kappa shape index (κ3) is 3.54. The van der Waals surface area contributed by atoms with E-state index in [0.717, 1.165) is 12.8 Å². The van der Waals surface area contributed by atoms with Gasteiger partial charge in [-0.25, -0.2) is 4.79 Å². The molecule has 0 aromatic heterocycles. The van der Waals surface area contributed by atoms with E-state index >= 15 is 0 Å². The van der Waals surface area contributed by atoms with Crippen LogP contribution in [0.2, 0.25) is 0 Å². The van der Waals surface area contributed by atoms with Gasteiger partial charge in [0.15, 0.2) is 0 Å². The molecule has 3 unspecified atom stereocenters. The van der Waals surface area contributed by atoms with E-state index in [1.807, 2.05) is 24.3 Å². The smallest absolute Gasteiger partial charge is 0.407 e. The molecule has 3 atom stereocenters. The van der Waals surface area contributed by atoms with Crippen molar-refractivity contribution >= 4 is 18.0 Å². The third-order valence-electron chi connectivity index (χ3n) is 8.25. The molecule has 34 heavy (non-hydrogen) atoms. The van der Waals surface area contributed by atoms with Crippen molar-refractivity contribution in [2.45, 2.75) is 56.0 Å². The summed E-state index contributed by atoms with van der Waals surface area (Å²) < 4.78 is 5.66. The molecule has 4 aliphatic carbocycles. The van der Waals surface area contributed by atoms with Crippen LogP contribution >= 0.6 is 0 Å². The lowest BCUT2D eigenvalue weighted by molar-refractivity contribution is -0.138. The molecule has 0 aliphatic heterocycles. The van der Waals surface area contributed by atoms with Crippen molar-refractivity contribution in [3.05, 3.63) is 59.7 Å². The number of ether oxygens (including phenoxy) is 1. The van der Waals surface area contributed by atoms with Crippen molar-refractivity contribution in [3.63, 3.8) is 0 Å². The average molecular weight is 461 g/mol. The van der Waals surface area contributed by atoms with Crippen LogP contribution in [-0.4, -0.2) is 41.3 Å². The number of carboxylic acids is 1. The molecule has 3 N–H and O–H groups in total. The van der Waals surface area contributed by atoms with E-state index < -0.39 is 23.0 Å². The number of amides is 2. The molecule has 2 amide bonds. The van der Waals surface area contributed by atoms with Crippen LogP contribution in [0.5, 0.6) is 0 Å². The summed E-state index contributed by atoms with van der Waals surface area (Å²) in [4.78, 5) is 36.7. The summed E-state index contributed by atoms with van der Waals surface area (Å²) in [5.74, 6) is -0.680. The highest BCUT2D eigenvalue weighted by atomic mass is 16.5. The molecule has 0 bridgehead atoms. The summed E-state index contributed by atoms with van der Waals surface area (Å²) >= 11 is 0. The van der Waals surface area contributed by atoms with Gasteiger partial charge in [-0.3, -0.25) is 9.59 Å². The Kier molecular flexibility index (Phi) is 4.73. The Morgan fingerprint density at radius 2 is 1.62 bits per heavy atom. The number of alkyl carbamates (subject to hydrolysis) is 1. The van der Waals surface area contributed by atoms with E-state index in [0.29, 0.717) is 19.3 Å². The molecule has 0 spiro atoms. The number of carbonyl (C=O) groups excluding carboxylic acids is 2. The van der Waals surface area contributed by atoms with Gasteiger partial charge in [0.1, 0.15) is 6.61 Å². The SMILES string of the molecule is O=C(O)CC1(NC(=O)C23CC(NC(=O)OCC4c5ccccc5-c5ccccc54)CC2C3)CC1. The molecule has 0 heterocycles. The Hall–Kier alpha value is -3.35. The summed E-state index contributed by atoms with van der Waals surface area (Å²) in [5, 5.41) is 15.1. The number of carbonyl (C=O) groups is 3. The minimum Gasteiger partial charge on any atom is -0.481 e. The van der Waals surface area contributed by atoms with Crippen molar-refractivity contribution in [3.8, 4) is 11.1 Å². The minimum absolute atomic E-state index is 0.0104. The van der Waals surface area contributed by atoms with Crippen molar-refractivity contribution in [1.29, 1.82) is 0 Å². The maximum Gasteiger partial charge on any atom is 0.407 e. The van der Waals surface area contributed by atoms with Crippen LogP contribution in [0.4, 0.5) is 4.79 Å². The Bertz CT molecular complexity index is 1140. The van der Waals surface area contributed by atoms with Crippen LogP contribution in [0.15, 0.2) is 48.5 Å². The second kappa shape index (κ2) is 7.58. The lowest BCUT2D eigenvalue weighted by Gasteiger charge is -2.22. The van der Waals surface area contributed by atoms with Gasteiger partial charge in [0.25, 0.3) is 0 Å². The number of benzene rings is 2. The first-order valence-corrected chi connectivity index (χ1v) is 12.1. The molecule has 7 heteroatoms. The van der Waals surface area contributed by atoms with Gasteiger partial charge in [-0.15, -0.1) is 0 Å². The molecule has 0 radical (unpaired) electrons. The van der Waals surface area contributed by atoms with Gasteiger partial charge >= 0.3 is 12.1 Å². The zero-order valence-corrected chi connectivity index (χ0v) is 18.9. The lowest BCUT2D eigenvalue weighted by Crippen LogP contribution is -2.44. The number of nitrogens with one attached hydrogen (secondary N) is 2. The van der Waals surface area contributed by atoms with Crippen LogP contribution < -0.4 is 10.6 Å². The summed E-state index contributed by atoms with van der Waals surface area (Å²) in [5.41, 5.74) is 3.69. The fourth-order valence-corrected chi connectivity index (χ4v) is 6.25. The second-order valence-corrected chi connectivity index (χ2v) is 10.5. The highest BCUT2D eigenvalue weighted by molar-refractivity contribution is 5.88. The van der Waals surface area contributed by atoms with E-state index in [1.54, 1.807) is 0 Å². The number of carboxylic acid groups (broad SMARTS) is 1. The normalized spacial score (nSPS) is 27.2. The van der Waals surface area contributed by atoms with Crippen LogP contribution in [0.3, 0.4) is 0 Å². The monoisotopic (exact) mass is 460 g/mol. The fraction of sp³-hybridized carbons (Fsp3) is 0.444. The lowest BCUT2D eigenvalue weighted by atomic mass is 9.98. The van der Waals surface area contributed by atoms with Crippen molar-refractivity contribution in [1.82, 2.24) is 10.6 Å². The minimum atomic E-state index is -0.885. The van der Waals surface area contributed by atoms with Gasteiger partial charge in [-0.05, 0) is 60.3 Å². The standard InChI is InChI=1S/C27H28N2O5/c30-23(31)14-26(9-10-26)29-24(32)27-12-16(27)11-17(13-27)28-25(33)34-15-22-20-7-3-1-5-18(20)19-6-2-4-8-21(19)22/h1-8,16-17,22H,9-15H2,(H,28,33)(H,29,32)(H,30,31). The van der Waals surface area contributed by atoms with Gasteiger partial charge in [-0.1, -0.05) is 48.5 Å². The van der Waals surface area contributed by atoms with Crippen molar-refractivity contribution in [2.75, 3.05) is 6.61 Å². The quantitative estimate of drug-likeness (QED) is 0.583. The molecule has 3 fully saturated rings. The molecule has 176 valence electrons. The first kappa shape index (κ1) is 21.2. The zero-order chi connectivity index (χ0) is 23.5. The van der Waals surface area contributed by atoms with Gasteiger partial charge in [0.05, 0.1) is 17.4 Å². The fourth-order valence-electron chi connectivity index (χ4n) is 6.25. The number of rotatable bonds is 7. The van der Waals surface area contributed by atoms with Gasteiger partial charge in [-0.2, -0.15) is 0 Å². The number of hydrogen-bond acceptors (Lipinski definition) is 4. The molecule has 0 saturated heterocycles. The number of aliphatic carboxylic acids is 1. The topological polar surface area (TPSA) is 105 Å². The van der Waals surface area contributed by atoms with E-state index in [-0.39, 0.29) is 36.8 Å². The summed E-state index contributed by atoms with van der Waals surface area (Å²) in [6, 6.07) is 16.3. The molecule has 7 nitrogen and oxygen atoms in total. The molecule has 6 rings (SSSR count). The Morgan fingerprint density at radius 3 is 2.24 bits per heavy atom. The van der Waals surface area contributed by atoms with E-state index in [1.165, 1.54) is 22.3 Å². The molecule has 2 aromatic rings. The van der Waals surface area contributed by atoms with E-state index in [9.17, 15) is 14.4 Å². The van der Waals surface area contributed by atoms with Crippen LogP contribution in [-0.2, 0) is 14.3 Å². The Labute approximate surface area is 197 Å². The molecule has 2 aromatic carbocycles. The third-order valence-corrected chi connectivity index (χ3v) is 8.25. The van der Waals surface area contributed by atoms with Gasteiger partial charge in [0, 0.05) is 12.0 Å². The molecular formula is C27H28N2O5. The molecular weight excluding hydrogens is 432 g/mol. The number of hydrogen-bond donors (Lipinski definition) is 3. The van der Waals surface area contributed by atoms with Crippen LogP contribution in [0, 0.1) is 11.3 Å². The maximum absolute atomic E-state index is 13.0. The van der Waals surface area contributed by atoms with E-state index in [2.05, 4.69) is 34.9 Å². The predicted molar refractivity (Wildman–Crippen MR) is 124 cm³/mol. The van der Waals surface area contributed by atoms with Crippen LogP contribution in [0.1, 0.15) is 55.6 Å². The summed E-state index contributed by atoms with van der Waals surface area (Å²) in [6.45, 7) is 0.263. The predicted octanol–water partition coefficient (Wildman–Crippen LogP) is 3.82. The first-order chi connectivity index (χ1) is 16.4. The highest BCUT2D eigenvalue weighted by Crippen LogP contribution is 2.64.